The lowest BCUT2D eigenvalue weighted by Gasteiger charge is -2.28. The highest BCUT2D eigenvalue weighted by molar-refractivity contribution is 7.99. The lowest BCUT2D eigenvalue weighted by Crippen LogP contribution is -2.27. The van der Waals surface area contributed by atoms with Crippen molar-refractivity contribution in [3.63, 3.8) is 0 Å². The number of hydrogen-bond donors (Lipinski definition) is 2. The van der Waals surface area contributed by atoms with Crippen molar-refractivity contribution >= 4 is 23.3 Å². The molecule has 0 amide bonds. The SMILES string of the molecule is CSC1CCC(Nc2ccc(N)c(OCC3CC3)n2)CC1. The van der Waals surface area contributed by atoms with Crippen LogP contribution in [-0.4, -0.2) is 29.1 Å². The number of aromatic nitrogens is 1. The highest BCUT2D eigenvalue weighted by Gasteiger charge is 2.23. The van der Waals surface area contributed by atoms with Crippen LogP contribution in [0.4, 0.5) is 11.5 Å². The Labute approximate surface area is 131 Å². The Balaban J connectivity index is 1.56. The van der Waals surface area contributed by atoms with Gasteiger partial charge in [0.05, 0.1) is 12.3 Å². The Hall–Kier alpha value is -1.10. The predicted molar refractivity (Wildman–Crippen MR) is 90.1 cm³/mol. The van der Waals surface area contributed by atoms with Gasteiger partial charge in [-0.1, -0.05) is 0 Å². The number of nitrogen functional groups attached to an aromatic ring is 1. The van der Waals surface area contributed by atoms with Gasteiger partial charge in [0.1, 0.15) is 5.82 Å². The fourth-order valence-corrected chi connectivity index (χ4v) is 3.52. The molecule has 116 valence electrons. The predicted octanol–water partition coefficient (Wildman–Crippen LogP) is 3.54. The summed E-state index contributed by atoms with van der Waals surface area (Å²) in [5, 5.41) is 4.37. The number of anilines is 2. The minimum atomic E-state index is 0.529. The van der Waals surface area contributed by atoms with Gasteiger partial charge in [-0.25, -0.2) is 0 Å². The average molecular weight is 307 g/mol. The van der Waals surface area contributed by atoms with Crippen LogP contribution in [-0.2, 0) is 0 Å². The summed E-state index contributed by atoms with van der Waals surface area (Å²) >= 11 is 1.99. The third-order valence-corrected chi connectivity index (χ3v) is 5.54. The Morgan fingerprint density at radius 2 is 2.00 bits per heavy atom. The van der Waals surface area contributed by atoms with Gasteiger partial charge in [-0.15, -0.1) is 0 Å². The quantitative estimate of drug-likeness (QED) is 0.842. The monoisotopic (exact) mass is 307 g/mol. The number of nitrogens with zero attached hydrogens (tertiary/aromatic N) is 1. The van der Waals surface area contributed by atoms with Crippen molar-refractivity contribution in [3.8, 4) is 5.88 Å². The molecule has 4 nitrogen and oxygen atoms in total. The van der Waals surface area contributed by atoms with E-state index in [9.17, 15) is 0 Å². The van der Waals surface area contributed by atoms with Crippen molar-refractivity contribution in [1.82, 2.24) is 4.98 Å². The maximum Gasteiger partial charge on any atom is 0.239 e. The summed E-state index contributed by atoms with van der Waals surface area (Å²) in [5.41, 5.74) is 6.58. The molecule has 2 fully saturated rings. The molecule has 21 heavy (non-hydrogen) atoms. The normalized spacial score (nSPS) is 25.6. The standard InChI is InChI=1S/C16H25N3OS/c1-21-13-6-4-12(5-7-13)18-15-9-8-14(17)16(19-15)20-10-11-2-3-11/h8-9,11-13H,2-7,10,17H2,1H3,(H,18,19). The lowest BCUT2D eigenvalue weighted by atomic mass is 9.95. The molecule has 0 saturated heterocycles. The van der Waals surface area contributed by atoms with E-state index < -0.39 is 0 Å². The van der Waals surface area contributed by atoms with Crippen molar-refractivity contribution < 1.29 is 4.74 Å². The van der Waals surface area contributed by atoms with Crippen LogP contribution >= 0.6 is 11.8 Å². The molecule has 1 heterocycles. The van der Waals surface area contributed by atoms with Crippen LogP contribution in [0.1, 0.15) is 38.5 Å². The highest BCUT2D eigenvalue weighted by atomic mass is 32.2. The minimum Gasteiger partial charge on any atom is -0.476 e. The Bertz CT molecular complexity index is 471. The van der Waals surface area contributed by atoms with Crippen LogP contribution in [0.5, 0.6) is 5.88 Å². The van der Waals surface area contributed by atoms with Crippen LogP contribution in [0.2, 0.25) is 0 Å². The molecule has 3 N–H and O–H groups in total. The van der Waals surface area contributed by atoms with E-state index in [0.717, 1.165) is 17.7 Å². The molecule has 2 aliphatic rings. The molecule has 0 atom stereocenters. The zero-order valence-electron chi connectivity index (χ0n) is 12.7. The molecule has 1 aromatic rings. The van der Waals surface area contributed by atoms with Crippen LogP contribution in [0.15, 0.2) is 12.1 Å². The van der Waals surface area contributed by atoms with Crippen molar-refractivity contribution in [3.05, 3.63) is 12.1 Å². The third kappa shape index (κ3) is 4.19. The van der Waals surface area contributed by atoms with Crippen LogP contribution in [0, 0.1) is 5.92 Å². The molecule has 2 aliphatic carbocycles. The maximum atomic E-state index is 5.95. The summed E-state index contributed by atoms with van der Waals surface area (Å²) in [6, 6.07) is 4.38. The lowest BCUT2D eigenvalue weighted by molar-refractivity contribution is 0.290. The van der Waals surface area contributed by atoms with E-state index in [2.05, 4.69) is 16.6 Å². The van der Waals surface area contributed by atoms with Gasteiger partial charge < -0.3 is 15.8 Å². The van der Waals surface area contributed by atoms with Crippen LogP contribution in [0.25, 0.3) is 0 Å². The van der Waals surface area contributed by atoms with Crippen molar-refractivity contribution in [2.24, 2.45) is 5.92 Å². The van der Waals surface area contributed by atoms with E-state index >= 15 is 0 Å². The van der Waals surface area contributed by atoms with Crippen LogP contribution < -0.4 is 15.8 Å². The first-order valence-electron chi connectivity index (χ1n) is 7.93. The molecular weight excluding hydrogens is 282 g/mol. The second kappa shape index (κ2) is 6.77. The van der Waals surface area contributed by atoms with Gasteiger partial charge in [0.2, 0.25) is 5.88 Å². The van der Waals surface area contributed by atoms with Crippen molar-refractivity contribution in [1.29, 1.82) is 0 Å². The first-order valence-corrected chi connectivity index (χ1v) is 9.22. The average Bonchev–Trinajstić information content (AvgIpc) is 3.33. The van der Waals surface area contributed by atoms with Gasteiger partial charge in [0.25, 0.3) is 0 Å². The zero-order valence-corrected chi connectivity index (χ0v) is 13.5. The van der Waals surface area contributed by atoms with Gasteiger partial charge in [0.15, 0.2) is 0 Å². The molecule has 0 spiro atoms. The summed E-state index contributed by atoms with van der Waals surface area (Å²) in [6.07, 6.45) is 9.78. The number of nitrogens with one attached hydrogen (secondary N) is 1. The summed E-state index contributed by atoms with van der Waals surface area (Å²) in [5.74, 6) is 2.19. The summed E-state index contributed by atoms with van der Waals surface area (Å²) in [7, 11) is 0. The number of rotatable bonds is 6. The largest absolute Gasteiger partial charge is 0.476 e. The number of nitrogens with two attached hydrogens (primary N) is 1. The number of pyridine rings is 1. The maximum absolute atomic E-state index is 5.95. The number of hydrogen-bond acceptors (Lipinski definition) is 5. The molecule has 3 rings (SSSR count). The number of thioether (sulfide) groups is 1. The van der Waals surface area contributed by atoms with E-state index in [4.69, 9.17) is 10.5 Å². The molecule has 5 heteroatoms. The van der Waals surface area contributed by atoms with E-state index in [1.54, 1.807) is 0 Å². The molecule has 0 radical (unpaired) electrons. The van der Waals surface area contributed by atoms with E-state index in [-0.39, 0.29) is 0 Å². The van der Waals surface area contributed by atoms with E-state index in [1.807, 2.05) is 23.9 Å². The topological polar surface area (TPSA) is 60.2 Å². The first-order chi connectivity index (χ1) is 10.2. The zero-order chi connectivity index (χ0) is 14.7. The van der Waals surface area contributed by atoms with Gasteiger partial charge in [0, 0.05) is 11.3 Å². The Kier molecular flexibility index (Phi) is 4.78. The fourth-order valence-electron chi connectivity index (χ4n) is 2.78. The first kappa shape index (κ1) is 14.8. The summed E-state index contributed by atoms with van der Waals surface area (Å²) in [6.45, 7) is 0.749. The molecule has 0 bridgehead atoms. The second-order valence-electron chi connectivity index (χ2n) is 6.20. The summed E-state index contributed by atoms with van der Waals surface area (Å²) < 4.78 is 5.75. The van der Waals surface area contributed by atoms with E-state index in [1.165, 1.54) is 38.5 Å². The molecule has 1 aromatic heterocycles. The molecule has 0 aromatic carbocycles. The van der Waals surface area contributed by atoms with Gasteiger partial charge in [-0.3, -0.25) is 0 Å². The van der Waals surface area contributed by atoms with Gasteiger partial charge in [-0.2, -0.15) is 16.7 Å². The van der Waals surface area contributed by atoms with Crippen molar-refractivity contribution in [2.45, 2.75) is 49.8 Å². The Morgan fingerprint density at radius 1 is 1.24 bits per heavy atom. The molecule has 0 aliphatic heterocycles. The second-order valence-corrected chi connectivity index (χ2v) is 7.34. The van der Waals surface area contributed by atoms with Crippen LogP contribution in [0.3, 0.4) is 0 Å². The third-order valence-electron chi connectivity index (χ3n) is 4.40. The molecule has 2 saturated carbocycles. The van der Waals surface area contributed by atoms with Gasteiger partial charge in [-0.05, 0) is 62.8 Å². The highest BCUT2D eigenvalue weighted by Crippen LogP contribution is 2.32. The number of ether oxygens (including phenoxy) is 1. The Morgan fingerprint density at radius 3 is 2.67 bits per heavy atom. The summed E-state index contributed by atoms with van der Waals surface area (Å²) in [4.78, 5) is 4.54. The smallest absolute Gasteiger partial charge is 0.239 e. The molecular formula is C16H25N3OS. The molecule has 0 unspecified atom stereocenters. The van der Waals surface area contributed by atoms with Gasteiger partial charge >= 0.3 is 0 Å². The van der Waals surface area contributed by atoms with Crippen molar-refractivity contribution in [2.75, 3.05) is 23.9 Å². The minimum absolute atomic E-state index is 0.529. The fraction of sp³-hybridized carbons (Fsp3) is 0.688. The van der Waals surface area contributed by atoms with E-state index in [0.29, 0.717) is 23.5 Å².